The Morgan fingerprint density at radius 3 is 2.59 bits per heavy atom. The molecule has 2 aromatic heterocycles. The number of benzene rings is 1. The van der Waals surface area contributed by atoms with Gasteiger partial charge in [-0.05, 0) is 61.2 Å². The summed E-state index contributed by atoms with van der Waals surface area (Å²) in [6, 6.07) is 14.9. The fourth-order valence-electron chi connectivity index (χ4n) is 3.60. The van der Waals surface area contributed by atoms with E-state index in [1.54, 1.807) is 36.5 Å². The number of nitriles is 1. The van der Waals surface area contributed by atoms with Crippen molar-refractivity contribution in [2.45, 2.75) is 19.4 Å². The van der Waals surface area contributed by atoms with Crippen LogP contribution in [0.2, 0.25) is 0 Å². The summed E-state index contributed by atoms with van der Waals surface area (Å²) in [6.45, 7) is 2.19. The number of halogens is 1. The fraction of sp³-hybridized carbons (Fsp3) is 0.273. The van der Waals surface area contributed by atoms with E-state index in [9.17, 15) is 9.18 Å². The molecule has 29 heavy (non-hydrogen) atoms. The van der Waals surface area contributed by atoms with Gasteiger partial charge in [-0.25, -0.2) is 14.1 Å². The van der Waals surface area contributed by atoms with Gasteiger partial charge in [0.2, 0.25) is 0 Å². The maximum atomic E-state index is 13.2. The molecule has 1 aromatic carbocycles. The first-order chi connectivity index (χ1) is 14.1. The van der Waals surface area contributed by atoms with Gasteiger partial charge in [-0.3, -0.25) is 4.79 Å². The van der Waals surface area contributed by atoms with Crippen LogP contribution < -0.4 is 10.5 Å². The van der Waals surface area contributed by atoms with Crippen LogP contribution in [-0.2, 0) is 6.54 Å². The molecule has 0 amide bonds. The Kier molecular flexibility index (Phi) is 5.34. The molecule has 0 spiro atoms. The van der Waals surface area contributed by atoms with Crippen molar-refractivity contribution in [3.8, 4) is 17.3 Å². The van der Waals surface area contributed by atoms with Gasteiger partial charge in [-0.2, -0.15) is 10.4 Å². The molecule has 1 saturated heterocycles. The minimum Gasteiger partial charge on any atom is -0.357 e. The molecule has 0 unspecified atom stereocenters. The van der Waals surface area contributed by atoms with Crippen LogP contribution in [0.25, 0.3) is 11.3 Å². The molecule has 3 aromatic rings. The van der Waals surface area contributed by atoms with Crippen LogP contribution in [-0.4, -0.2) is 27.9 Å². The third-order valence-electron chi connectivity index (χ3n) is 5.25. The summed E-state index contributed by atoms with van der Waals surface area (Å²) >= 11 is 0. The second-order valence-electron chi connectivity index (χ2n) is 7.19. The molecule has 0 atom stereocenters. The summed E-state index contributed by atoms with van der Waals surface area (Å²) in [6.07, 6.45) is 3.48. The lowest BCUT2D eigenvalue weighted by Gasteiger charge is -2.32. The molecular weight excluding hydrogens is 369 g/mol. The van der Waals surface area contributed by atoms with Crippen molar-refractivity contribution in [2.24, 2.45) is 5.92 Å². The number of piperidine rings is 1. The Labute approximate surface area is 167 Å². The van der Waals surface area contributed by atoms with Crippen LogP contribution in [0.15, 0.2) is 59.5 Å². The van der Waals surface area contributed by atoms with E-state index in [4.69, 9.17) is 5.26 Å². The van der Waals surface area contributed by atoms with Crippen molar-refractivity contribution >= 4 is 5.82 Å². The van der Waals surface area contributed by atoms with Gasteiger partial charge in [-0.15, -0.1) is 0 Å². The number of nitrogens with zero attached hydrogens (tertiary/aromatic N) is 5. The quantitative estimate of drug-likeness (QED) is 0.685. The molecule has 146 valence electrons. The van der Waals surface area contributed by atoms with E-state index >= 15 is 0 Å². The highest BCUT2D eigenvalue weighted by atomic mass is 19.1. The predicted molar refractivity (Wildman–Crippen MR) is 108 cm³/mol. The lowest BCUT2D eigenvalue weighted by molar-refractivity contribution is 0.335. The summed E-state index contributed by atoms with van der Waals surface area (Å²) in [4.78, 5) is 18.8. The zero-order chi connectivity index (χ0) is 20.2. The molecule has 0 N–H and O–H groups in total. The van der Waals surface area contributed by atoms with Gasteiger partial charge < -0.3 is 4.90 Å². The van der Waals surface area contributed by atoms with Crippen molar-refractivity contribution < 1.29 is 4.39 Å². The van der Waals surface area contributed by atoms with Crippen LogP contribution >= 0.6 is 0 Å². The predicted octanol–water partition coefficient (Wildman–Crippen LogP) is 3.23. The van der Waals surface area contributed by atoms with Crippen molar-refractivity contribution in [1.82, 2.24) is 14.8 Å². The first-order valence-electron chi connectivity index (χ1n) is 9.57. The van der Waals surface area contributed by atoms with Gasteiger partial charge in [0.05, 0.1) is 17.3 Å². The van der Waals surface area contributed by atoms with Crippen molar-refractivity contribution in [3.63, 3.8) is 0 Å². The molecule has 0 aliphatic carbocycles. The van der Waals surface area contributed by atoms with E-state index in [0.717, 1.165) is 37.3 Å². The number of hydrogen-bond donors (Lipinski definition) is 0. The van der Waals surface area contributed by atoms with Gasteiger partial charge >= 0.3 is 0 Å². The van der Waals surface area contributed by atoms with Gasteiger partial charge in [0.25, 0.3) is 5.56 Å². The largest absolute Gasteiger partial charge is 0.357 e. The molecule has 0 saturated carbocycles. The zero-order valence-electron chi connectivity index (χ0n) is 15.8. The van der Waals surface area contributed by atoms with Gasteiger partial charge in [0.15, 0.2) is 0 Å². The molecule has 3 heterocycles. The Hall–Kier alpha value is -3.53. The SMILES string of the molecule is N#Cc1ccnc(N2CCC(Cn3nc(-c4ccc(F)cc4)ccc3=O)CC2)c1. The Morgan fingerprint density at radius 1 is 1.10 bits per heavy atom. The summed E-state index contributed by atoms with van der Waals surface area (Å²) in [5.74, 6) is 0.846. The summed E-state index contributed by atoms with van der Waals surface area (Å²) in [5.41, 5.74) is 1.89. The maximum Gasteiger partial charge on any atom is 0.266 e. The Morgan fingerprint density at radius 2 is 1.86 bits per heavy atom. The third-order valence-corrected chi connectivity index (χ3v) is 5.25. The zero-order valence-corrected chi connectivity index (χ0v) is 15.8. The summed E-state index contributed by atoms with van der Waals surface area (Å²) < 4.78 is 14.7. The van der Waals surface area contributed by atoms with Crippen LogP contribution in [0.5, 0.6) is 0 Å². The smallest absolute Gasteiger partial charge is 0.266 e. The molecule has 1 aliphatic rings. The number of pyridine rings is 1. The van der Waals surface area contributed by atoms with Crippen molar-refractivity contribution in [2.75, 3.05) is 18.0 Å². The highest BCUT2D eigenvalue weighted by Crippen LogP contribution is 2.23. The van der Waals surface area contributed by atoms with Crippen LogP contribution in [0.3, 0.4) is 0 Å². The first kappa shape index (κ1) is 18.8. The molecular formula is C22H20FN5O. The number of hydrogen-bond acceptors (Lipinski definition) is 5. The minimum absolute atomic E-state index is 0.137. The highest BCUT2D eigenvalue weighted by Gasteiger charge is 2.21. The van der Waals surface area contributed by atoms with Crippen LogP contribution in [0.4, 0.5) is 10.2 Å². The monoisotopic (exact) mass is 389 g/mol. The van der Waals surface area contributed by atoms with E-state index in [2.05, 4.69) is 21.1 Å². The van der Waals surface area contributed by atoms with Crippen LogP contribution in [0, 0.1) is 23.1 Å². The standard InChI is InChI=1S/C22H20FN5O/c23-19-3-1-18(2-4-19)20-5-6-22(29)28(26-20)15-16-8-11-27(12-9-16)21-13-17(14-24)7-10-25-21/h1-7,10,13,16H,8-9,11-12,15H2. The van der Waals surface area contributed by atoms with Gasteiger partial charge in [0, 0.05) is 37.5 Å². The van der Waals surface area contributed by atoms with Gasteiger partial charge in [-0.1, -0.05) is 0 Å². The van der Waals surface area contributed by atoms with Crippen LogP contribution in [0.1, 0.15) is 18.4 Å². The van der Waals surface area contributed by atoms with E-state index in [1.165, 1.54) is 22.9 Å². The molecule has 6 nitrogen and oxygen atoms in total. The second-order valence-corrected chi connectivity index (χ2v) is 7.19. The fourth-order valence-corrected chi connectivity index (χ4v) is 3.60. The maximum absolute atomic E-state index is 13.2. The molecule has 0 radical (unpaired) electrons. The lowest BCUT2D eigenvalue weighted by atomic mass is 9.96. The number of aromatic nitrogens is 3. The molecule has 7 heteroatoms. The topological polar surface area (TPSA) is 74.8 Å². The highest BCUT2D eigenvalue weighted by molar-refractivity contribution is 5.57. The molecule has 1 aliphatic heterocycles. The van der Waals surface area contributed by atoms with Gasteiger partial charge in [0.1, 0.15) is 11.6 Å². The normalized spacial score (nSPS) is 14.6. The third kappa shape index (κ3) is 4.32. The Bertz CT molecular complexity index is 1100. The van der Waals surface area contributed by atoms with E-state index in [1.807, 2.05) is 0 Å². The van der Waals surface area contributed by atoms with E-state index in [-0.39, 0.29) is 11.4 Å². The van der Waals surface area contributed by atoms with E-state index < -0.39 is 0 Å². The molecule has 4 rings (SSSR count). The molecule has 1 fully saturated rings. The number of anilines is 1. The minimum atomic E-state index is -0.302. The van der Waals surface area contributed by atoms with E-state index in [0.29, 0.717) is 23.7 Å². The first-order valence-corrected chi connectivity index (χ1v) is 9.57. The van der Waals surface area contributed by atoms with Crippen molar-refractivity contribution in [3.05, 3.63) is 76.5 Å². The second kappa shape index (κ2) is 8.23. The lowest BCUT2D eigenvalue weighted by Crippen LogP contribution is -2.37. The van der Waals surface area contributed by atoms with Crippen molar-refractivity contribution in [1.29, 1.82) is 5.26 Å². The summed E-state index contributed by atoms with van der Waals surface area (Å²) in [7, 11) is 0. The average Bonchev–Trinajstić information content (AvgIpc) is 2.76. The Balaban J connectivity index is 1.44. The summed E-state index contributed by atoms with van der Waals surface area (Å²) in [5, 5.41) is 13.5. The average molecular weight is 389 g/mol. The molecule has 0 bridgehead atoms. The number of rotatable bonds is 4.